The van der Waals surface area contributed by atoms with Crippen LogP contribution in [0.5, 0.6) is 0 Å². The van der Waals surface area contributed by atoms with Gasteiger partial charge in [0.15, 0.2) is 0 Å². The van der Waals surface area contributed by atoms with Crippen molar-refractivity contribution in [3.8, 4) is 10.6 Å². The molecule has 1 aromatic heterocycles. The minimum atomic E-state index is -0.529. The minimum absolute atomic E-state index is 0.170. The maximum Gasteiger partial charge on any atom is 0.248 e. The van der Waals surface area contributed by atoms with Crippen LogP contribution in [0, 0.1) is 6.92 Å². The Morgan fingerprint density at radius 1 is 1.16 bits per heavy atom. The van der Waals surface area contributed by atoms with E-state index >= 15 is 0 Å². The van der Waals surface area contributed by atoms with E-state index in [1.807, 2.05) is 30.5 Å². The summed E-state index contributed by atoms with van der Waals surface area (Å²) >= 11 is 1.51. The van der Waals surface area contributed by atoms with Crippen molar-refractivity contribution in [2.45, 2.75) is 13.3 Å². The molecule has 0 aliphatic heterocycles. The van der Waals surface area contributed by atoms with Gasteiger partial charge < -0.3 is 11.1 Å². The fraction of sp³-hybridized carbons (Fsp3) is 0.105. The van der Waals surface area contributed by atoms with Gasteiger partial charge in [0.2, 0.25) is 11.8 Å². The summed E-state index contributed by atoms with van der Waals surface area (Å²) in [4.78, 5) is 27.9. The first-order valence-corrected chi connectivity index (χ1v) is 8.60. The van der Waals surface area contributed by atoms with E-state index in [9.17, 15) is 9.59 Å². The number of amides is 2. The van der Waals surface area contributed by atoms with E-state index in [2.05, 4.69) is 16.4 Å². The lowest BCUT2D eigenvalue weighted by Crippen LogP contribution is -2.16. The molecule has 2 aromatic carbocycles. The molecule has 25 heavy (non-hydrogen) atoms. The Kier molecular flexibility index (Phi) is 4.90. The molecule has 3 rings (SSSR count). The topological polar surface area (TPSA) is 85.1 Å². The van der Waals surface area contributed by atoms with Crippen LogP contribution in [0.25, 0.3) is 10.6 Å². The third-order valence-corrected chi connectivity index (χ3v) is 4.53. The van der Waals surface area contributed by atoms with Crippen molar-refractivity contribution in [2.75, 3.05) is 5.32 Å². The summed E-state index contributed by atoms with van der Waals surface area (Å²) in [6.45, 7) is 2.03. The summed E-state index contributed by atoms with van der Waals surface area (Å²) in [5.41, 5.74) is 9.07. The van der Waals surface area contributed by atoms with E-state index in [0.29, 0.717) is 16.9 Å². The van der Waals surface area contributed by atoms with Crippen LogP contribution in [0.3, 0.4) is 0 Å². The van der Waals surface area contributed by atoms with Crippen LogP contribution in [-0.2, 0) is 11.2 Å². The fourth-order valence-electron chi connectivity index (χ4n) is 2.42. The second kappa shape index (κ2) is 7.27. The van der Waals surface area contributed by atoms with Crippen molar-refractivity contribution in [3.63, 3.8) is 0 Å². The number of rotatable bonds is 5. The molecule has 0 atom stereocenters. The Morgan fingerprint density at radius 2 is 1.96 bits per heavy atom. The second-order valence-electron chi connectivity index (χ2n) is 5.68. The second-order valence-corrected chi connectivity index (χ2v) is 6.54. The van der Waals surface area contributed by atoms with Gasteiger partial charge in [-0.25, -0.2) is 4.98 Å². The summed E-state index contributed by atoms with van der Waals surface area (Å²) in [5, 5.41) is 5.54. The minimum Gasteiger partial charge on any atom is -0.366 e. The lowest BCUT2D eigenvalue weighted by atomic mass is 10.1. The molecule has 0 unspecified atom stereocenters. The molecule has 1 heterocycles. The van der Waals surface area contributed by atoms with Crippen LogP contribution in [0.4, 0.5) is 5.69 Å². The molecule has 0 aliphatic rings. The molecule has 0 saturated carbocycles. The Labute approximate surface area is 149 Å². The highest BCUT2D eigenvalue weighted by molar-refractivity contribution is 7.13. The number of nitrogens with zero attached hydrogens (tertiary/aromatic N) is 1. The maximum atomic E-state index is 12.2. The predicted octanol–water partition coefficient (Wildman–Crippen LogP) is 3.40. The first-order chi connectivity index (χ1) is 12.0. The molecule has 5 nitrogen and oxygen atoms in total. The van der Waals surface area contributed by atoms with Gasteiger partial charge >= 0.3 is 0 Å². The third kappa shape index (κ3) is 4.30. The largest absolute Gasteiger partial charge is 0.366 e. The molecule has 126 valence electrons. The summed E-state index contributed by atoms with van der Waals surface area (Å²) in [6, 6.07) is 14.6. The van der Waals surface area contributed by atoms with Gasteiger partial charge in [-0.1, -0.05) is 29.8 Å². The van der Waals surface area contributed by atoms with Crippen LogP contribution in [0.2, 0.25) is 0 Å². The molecule has 0 aliphatic carbocycles. The number of carbonyl (C=O) groups is 2. The van der Waals surface area contributed by atoms with Crippen LogP contribution in [0.15, 0.2) is 53.9 Å². The fourth-order valence-corrected chi connectivity index (χ4v) is 3.24. The van der Waals surface area contributed by atoms with Crippen LogP contribution in [0.1, 0.15) is 21.6 Å². The van der Waals surface area contributed by atoms with Gasteiger partial charge in [-0.05, 0) is 31.2 Å². The molecule has 0 fully saturated rings. The monoisotopic (exact) mass is 351 g/mol. The Morgan fingerprint density at radius 3 is 2.72 bits per heavy atom. The molecule has 6 heteroatoms. The van der Waals surface area contributed by atoms with Crippen LogP contribution < -0.4 is 11.1 Å². The predicted molar refractivity (Wildman–Crippen MR) is 99.6 cm³/mol. The van der Waals surface area contributed by atoms with Crippen molar-refractivity contribution in [1.29, 1.82) is 0 Å². The molecule has 3 N–H and O–H groups in total. The number of primary amides is 1. The third-order valence-electron chi connectivity index (χ3n) is 3.59. The first kappa shape index (κ1) is 16.9. The van der Waals surface area contributed by atoms with Crippen molar-refractivity contribution in [1.82, 2.24) is 4.98 Å². The lowest BCUT2D eigenvalue weighted by Gasteiger charge is -2.05. The number of aryl methyl sites for hydroxylation is 1. The highest BCUT2D eigenvalue weighted by Gasteiger charge is 2.10. The number of nitrogens with one attached hydrogen (secondary N) is 1. The average molecular weight is 351 g/mol. The number of thiazole rings is 1. The number of anilines is 1. The molecule has 2 amide bonds. The number of benzene rings is 2. The summed E-state index contributed by atoms with van der Waals surface area (Å²) in [7, 11) is 0. The van der Waals surface area contributed by atoms with E-state index in [-0.39, 0.29) is 12.3 Å². The van der Waals surface area contributed by atoms with E-state index < -0.39 is 5.91 Å². The SMILES string of the molecule is Cc1cccc(-c2nc(CC(=O)Nc3cccc(C(N)=O)c3)cs2)c1. The standard InChI is InChI=1S/C19H17N3O2S/c1-12-4-2-6-14(8-12)19-22-16(11-25-19)10-17(23)21-15-7-3-5-13(9-15)18(20)24/h2-9,11H,10H2,1H3,(H2,20,24)(H,21,23). The first-order valence-electron chi connectivity index (χ1n) is 7.72. The Balaban J connectivity index is 1.68. The molecule has 0 radical (unpaired) electrons. The lowest BCUT2D eigenvalue weighted by molar-refractivity contribution is -0.115. The van der Waals surface area contributed by atoms with Gasteiger partial charge in [0.25, 0.3) is 0 Å². The zero-order valence-electron chi connectivity index (χ0n) is 13.7. The molecular formula is C19H17N3O2S. The number of hydrogen-bond acceptors (Lipinski definition) is 4. The molecule has 3 aromatic rings. The van der Waals surface area contributed by atoms with Crippen molar-refractivity contribution >= 4 is 28.8 Å². The average Bonchev–Trinajstić information content (AvgIpc) is 3.03. The zero-order chi connectivity index (χ0) is 17.8. The maximum absolute atomic E-state index is 12.2. The van der Waals surface area contributed by atoms with Gasteiger partial charge in [-0.15, -0.1) is 11.3 Å². The highest BCUT2D eigenvalue weighted by Crippen LogP contribution is 2.24. The van der Waals surface area contributed by atoms with E-state index in [4.69, 9.17) is 5.73 Å². The van der Waals surface area contributed by atoms with Crippen LogP contribution >= 0.6 is 11.3 Å². The molecular weight excluding hydrogens is 334 g/mol. The van der Waals surface area contributed by atoms with Gasteiger partial charge in [0, 0.05) is 22.2 Å². The van der Waals surface area contributed by atoms with Crippen LogP contribution in [-0.4, -0.2) is 16.8 Å². The molecule has 0 spiro atoms. The van der Waals surface area contributed by atoms with E-state index in [1.165, 1.54) is 16.9 Å². The quantitative estimate of drug-likeness (QED) is 0.739. The molecule has 0 bridgehead atoms. The Hall–Kier alpha value is -2.99. The van der Waals surface area contributed by atoms with Crippen molar-refractivity contribution in [2.24, 2.45) is 5.73 Å². The van der Waals surface area contributed by atoms with Gasteiger partial charge in [-0.3, -0.25) is 9.59 Å². The number of carbonyl (C=O) groups excluding carboxylic acids is 2. The van der Waals surface area contributed by atoms with Gasteiger partial charge in [0.1, 0.15) is 5.01 Å². The number of hydrogen-bond donors (Lipinski definition) is 2. The van der Waals surface area contributed by atoms with Gasteiger partial charge in [-0.2, -0.15) is 0 Å². The number of aromatic nitrogens is 1. The van der Waals surface area contributed by atoms with E-state index in [1.54, 1.807) is 24.3 Å². The van der Waals surface area contributed by atoms with Crippen molar-refractivity contribution in [3.05, 3.63) is 70.7 Å². The van der Waals surface area contributed by atoms with Crippen molar-refractivity contribution < 1.29 is 9.59 Å². The molecule has 0 saturated heterocycles. The highest BCUT2D eigenvalue weighted by atomic mass is 32.1. The normalized spacial score (nSPS) is 10.4. The number of nitrogens with two attached hydrogens (primary N) is 1. The summed E-state index contributed by atoms with van der Waals surface area (Å²) < 4.78 is 0. The summed E-state index contributed by atoms with van der Waals surface area (Å²) in [5.74, 6) is -0.721. The Bertz CT molecular complexity index is 934. The van der Waals surface area contributed by atoms with E-state index in [0.717, 1.165) is 10.6 Å². The zero-order valence-corrected chi connectivity index (χ0v) is 14.5. The summed E-state index contributed by atoms with van der Waals surface area (Å²) in [6.07, 6.45) is 0.170. The smallest absolute Gasteiger partial charge is 0.248 e. The van der Waals surface area contributed by atoms with Gasteiger partial charge in [0.05, 0.1) is 12.1 Å².